The van der Waals surface area contributed by atoms with E-state index in [2.05, 4.69) is 35.1 Å². The van der Waals surface area contributed by atoms with E-state index in [9.17, 15) is 4.39 Å². The Bertz CT molecular complexity index is 381. The Kier molecular flexibility index (Phi) is 9.12. The Labute approximate surface area is 131 Å². The Morgan fingerprint density at radius 1 is 1.15 bits per heavy atom. The molecule has 1 rings (SSSR count). The van der Waals surface area contributed by atoms with Crippen molar-refractivity contribution in [2.75, 3.05) is 6.54 Å². The molecule has 0 aliphatic rings. The molecule has 1 unspecified atom stereocenters. The summed E-state index contributed by atoms with van der Waals surface area (Å²) in [6.45, 7) is 5.45. The van der Waals surface area contributed by atoms with Gasteiger partial charge in [-0.15, -0.1) is 0 Å². The van der Waals surface area contributed by atoms with Gasteiger partial charge in [-0.25, -0.2) is 4.39 Å². The van der Waals surface area contributed by atoms with Crippen molar-refractivity contribution in [3.05, 3.63) is 34.1 Å². The maximum Gasteiger partial charge on any atom is 0.123 e. The largest absolute Gasteiger partial charge is 0.314 e. The van der Waals surface area contributed by atoms with E-state index in [-0.39, 0.29) is 5.82 Å². The number of hydrogen-bond acceptors (Lipinski definition) is 1. The quantitative estimate of drug-likeness (QED) is 0.555. The van der Waals surface area contributed by atoms with E-state index in [0.717, 1.165) is 29.4 Å². The van der Waals surface area contributed by atoms with E-state index in [1.54, 1.807) is 12.1 Å². The standard InChI is InChI=1S/C17H27BrFN/c1-3-5-6-7-8-16(20-11-4-2)13-14-12-15(19)9-10-17(14)18/h9-10,12,16,20H,3-8,11,13H2,1-2H3. The molecule has 1 N–H and O–H groups in total. The van der Waals surface area contributed by atoms with Gasteiger partial charge in [-0.2, -0.15) is 0 Å². The van der Waals surface area contributed by atoms with Crippen LogP contribution in [0.3, 0.4) is 0 Å². The smallest absolute Gasteiger partial charge is 0.123 e. The summed E-state index contributed by atoms with van der Waals surface area (Å²) in [4.78, 5) is 0. The summed E-state index contributed by atoms with van der Waals surface area (Å²) in [5.74, 6) is -0.150. The second kappa shape index (κ2) is 10.3. The number of benzene rings is 1. The lowest BCUT2D eigenvalue weighted by molar-refractivity contribution is 0.452. The fraction of sp³-hybridized carbons (Fsp3) is 0.647. The summed E-state index contributed by atoms with van der Waals surface area (Å²) < 4.78 is 14.4. The Morgan fingerprint density at radius 3 is 2.65 bits per heavy atom. The van der Waals surface area contributed by atoms with E-state index < -0.39 is 0 Å². The Balaban J connectivity index is 2.55. The predicted molar refractivity (Wildman–Crippen MR) is 88.6 cm³/mol. The van der Waals surface area contributed by atoms with E-state index in [4.69, 9.17) is 0 Å². The van der Waals surface area contributed by atoms with E-state index >= 15 is 0 Å². The zero-order valence-corrected chi connectivity index (χ0v) is 14.3. The van der Waals surface area contributed by atoms with Crippen molar-refractivity contribution < 1.29 is 4.39 Å². The summed E-state index contributed by atoms with van der Waals surface area (Å²) >= 11 is 3.53. The van der Waals surface area contributed by atoms with Gasteiger partial charge in [0.15, 0.2) is 0 Å². The summed E-state index contributed by atoms with van der Waals surface area (Å²) in [6.07, 6.45) is 8.32. The summed E-state index contributed by atoms with van der Waals surface area (Å²) in [5, 5.41) is 3.60. The highest BCUT2D eigenvalue weighted by Crippen LogP contribution is 2.21. The van der Waals surface area contributed by atoms with Crippen LogP contribution in [-0.2, 0) is 6.42 Å². The molecule has 20 heavy (non-hydrogen) atoms. The molecular formula is C17H27BrFN. The normalized spacial score (nSPS) is 12.6. The van der Waals surface area contributed by atoms with Gasteiger partial charge in [-0.3, -0.25) is 0 Å². The highest BCUT2D eigenvalue weighted by atomic mass is 79.9. The van der Waals surface area contributed by atoms with Crippen molar-refractivity contribution in [2.24, 2.45) is 0 Å². The van der Waals surface area contributed by atoms with Crippen LogP contribution in [0.1, 0.15) is 57.9 Å². The lowest BCUT2D eigenvalue weighted by Crippen LogP contribution is -2.32. The molecule has 0 fully saturated rings. The zero-order valence-electron chi connectivity index (χ0n) is 12.7. The first kappa shape index (κ1) is 17.6. The molecule has 3 heteroatoms. The van der Waals surface area contributed by atoms with Gasteiger partial charge in [-0.1, -0.05) is 55.5 Å². The third-order valence-corrected chi connectivity index (χ3v) is 4.34. The van der Waals surface area contributed by atoms with Crippen LogP contribution in [0.4, 0.5) is 4.39 Å². The molecule has 0 aliphatic carbocycles. The summed E-state index contributed by atoms with van der Waals surface area (Å²) in [5.41, 5.74) is 1.06. The summed E-state index contributed by atoms with van der Waals surface area (Å²) in [7, 11) is 0. The number of halogens is 2. The van der Waals surface area contributed by atoms with Crippen LogP contribution in [0, 0.1) is 5.82 Å². The van der Waals surface area contributed by atoms with Gasteiger partial charge in [0.25, 0.3) is 0 Å². The molecule has 1 atom stereocenters. The highest BCUT2D eigenvalue weighted by Gasteiger charge is 2.11. The average molecular weight is 344 g/mol. The maximum atomic E-state index is 13.4. The first-order chi connectivity index (χ1) is 9.67. The number of nitrogens with one attached hydrogen (secondary N) is 1. The molecule has 0 bridgehead atoms. The lowest BCUT2D eigenvalue weighted by Gasteiger charge is -2.19. The first-order valence-electron chi connectivity index (χ1n) is 7.84. The van der Waals surface area contributed by atoms with Crippen molar-refractivity contribution >= 4 is 15.9 Å². The van der Waals surface area contributed by atoms with E-state index in [0.29, 0.717) is 6.04 Å². The summed E-state index contributed by atoms with van der Waals surface area (Å²) in [6, 6.07) is 5.41. The van der Waals surface area contributed by atoms with Gasteiger partial charge >= 0.3 is 0 Å². The molecule has 0 saturated carbocycles. The zero-order chi connectivity index (χ0) is 14.8. The molecule has 0 aromatic heterocycles. The molecule has 0 heterocycles. The molecule has 0 radical (unpaired) electrons. The van der Waals surface area contributed by atoms with Gasteiger partial charge in [0.1, 0.15) is 5.82 Å². The lowest BCUT2D eigenvalue weighted by atomic mass is 9.99. The third-order valence-electron chi connectivity index (χ3n) is 3.56. The van der Waals surface area contributed by atoms with Crippen molar-refractivity contribution in [2.45, 2.75) is 64.8 Å². The molecule has 0 amide bonds. The predicted octanol–water partition coefficient (Wildman–Crippen LogP) is 5.47. The van der Waals surface area contributed by atoms with Crippen molar-refractivity contribution in [3.8, 4) is 0 Å². The highest BCUT2D eigenvalue weighted by molar-refractivity contribution is 9.10. The second-order valence-corrected chi connectivity index (χ2v) is 6.29. The van der Waals surface area contributed by atoms with Crippen LogP contribution in [0.15, 0.2) is 22.7 Å². The maximum absolute atomic E-state index is 13.4. The molecule has 114 valence electrons. The van der Waals surface area contributed by atoms with Gasteiger partial charge in [0, 0.05) is 10.5 Å². The topological polar surface area (TPSA) is 12.0 Å². The van der Waals surface area contributed by atoms with Gasteiger partial charge in [0.2, 0.25) is 0 Å². The Hall–Kier alpha value is -0.410. The van der Waals surface area contributed by atoms with Crippen LogP contribution in [-0.4, -0.2) is 12.6 Å². The molecule has 0 saturated heterocycles. The number of hydrogen-bond donors (Lipinski definition) is 1. The minimum Gasteiger partial charge on any atom is -0.314 e. The second-order valence-electron chi connectivity index (χ2n) is 5.44. The fourth-order valence-corrected chi connectivity index (χ4v) is 2.82. The van der Waals surface area contributed by atoms with Crippen molar-refractivity contribution in [1.82, 2.24) is 5.32 Å². The third kappa shape index (κ3) is 6.85. The molecule has 1 aromatic rings. The fourth-order valence-electron chi connectivity index (χ4n) is 2.41. The van der Waals surface area contributed by atoms with E-state index in [1.165, 1.54) is 38.2 Å². The first-order valence-corrected chi connectivity index (χ1v) is 8.64. The monoisotopic (exact) mass is 343 g/mol. The minimum absolute atomic E-state index is 0.150. The van der Waals surface area contributed by atoms with Gasteiger partial charge in [-0.05, 0) is 49.6 Å². The number of unbranched alkanes of at least 4 members (excludes halogenated alkanes) is 3. The minimum atomic E-state index is -0.150. The average Bonchev–Trinajstić information content (AvgIpc) is 2.44. The molecule has 0 aliphatic heterocycles. The SMILES string of the molecule is CCCCCCC(Cc1cc(F)ccc1Br)NCCC. The van der Waals surface area contributed by atoms with Crippen LogP contribution in [0.25, 0.3) is 0 Å². The van der Waals surface area contributed by atoms with Crippen LogP contribution >= 0.6 is 15.9 Å². The van der Waals surface area contributed by atoms with Crippen LogP contribution in [0.5, 0.6) is 0 Å². The Morgan fingerprint density at radius 2 is 1.95 bits per heavy atom. The van der Waals surface area contributed by atoms with Gasteiger partial charge in [0.05, 0.1) is 0 Å². The molecular weight excluding hydrogens is 317 g/mol. The van der Waals surface area contributed by atoms with Crippen molar-refractivity contribution in [1.29, 1.82) is 0 Å². The molecule has 1 aromatic carbocycles. The molecule has 0 spiro atoms. The van der Waals surface area contributed by atoms with E-state index in [1.807, 2.05) is 0 Å². The van der Waals surface area contributed by atoms with Crippen molar-refractivity contribution in [3.63, 3.8) is 0 Å². The number of rotatable bonds is 10. The van der Waals surface area contributed by atoms with Crippen LogP contribution in [0.2, 0.25) is 0 Å². The van der Waals surface area contributed by atoms with Crippen LogP contribution < -0.4 is 5.32 Å². The van der Waals surface area contributed by atoms with Gasteiger partial charge < -0.3 is 5.32 Å². The molecule has 1 nitrogen and oxygen atoms in total.